The standard InChI is InChI=1S/C18H13ClF2N4O2/c1-27-15-6-5-10(9-11(15)19)23-17(26)14-7-8-22-18(24-14)25-16-12(20)3-2-4-13(16)21/h2-9H,1H3,(H,23,26)(H,22,24,25). The van der Waals surface area contributed by atoms with Gasteiger partial charge in [0.25, 0.3) is 5.91 Å². The SMILES string of the molecule is COc1ccc(NC(=O)c2ccnc(Nc3c(F)cccc3F)n2)cc1Cl. The first-order valence-electron chi connectivity index (χ1n) is 7.67. The molecule has 27 heavy (non-hydrogen) atoms. The summed E-state index contributed by atoms with van der Waals surface area (Å²) in [6.07, 6.45) is 1.30. The van der Waals surface area contributed by atoms with E-state index in [-0.39, 0.29) is 11.6 Å². The third-order valence-corrected chi connectivity index (χ3v) is 3.79. The maximum atomic E-state index is 13.7. The number of carbonyl (C=O) groups is 1. The van der Waals surface area contributed by atoms with E-state index in [4.69, 9.17) is 16.3 Å². The molecule has 0 saturated carbocycles. The van der Waals surface area contributed by atoms with Crippen molar-refractivity contribution in [3.05, 3.63) is 71.0 Å². The van der Waals surface area contributed by atoms with Crippen LogP contribution in [0.1, 0.15) is 10.5 Å². The van der Waals surface area contributed by atoms with E-state index < -0.39 is 23.2 Å². The molecular weight excluding hydrogens is 378 g/mol. The van der Waals surface area contributed by atoms with E-state index in [1.807, 2.05) is 0 Å². The quantitative estimate of drug-likeness (QED) is 0.674. The van der Waals surface area contributed by atoms with Gasteiger partial charge < -0.3 is 15.4 Å². The number of amides is 1. The lowest BCUT2D eigenvalue weighted by Crippen LogP contribution is -2.15. The second-order valence-electron chi connectivity index (χ2n) is 5.29. The van der Waals surface area contributed by atoms with E-state index >= 15 is 0 Å². The average Bonchev–Trinajstić information content (AvgIpc) is 2.65. The summed E-state index contributed by atoms with van der Waals surface area (Å²) in [6.45, 7) is 0. The number of methoxy groups -OCH3 is 1. The van der Waals surface area contributed by atoms with E-state index in [9.17, 15) is 13.6 Å². The van der Waals surface area contributed by atoms with Crippen LogP contribution in [0.5, 0.6) is 5.75 Å². The van der Waals surface area contributed by atoms with Gasteiger partial charge in [-0.2, -0.15) is 0 Å². The van der Waals surface area contributed by atoms with Gasteiger partial charge in [0.05, 0.1) is 12.1 Å². The molecule has 0 aliphatic rings. The van der Waals surface area contributed by atoms with Gasteiger partial charge in [0.2, 0.25) is 5.95 Å². The van der Waals surface area contributed by atoms with E-state index in [1.54, 1.807) is 12.1 Å². The van der Waals surface area contributed by atoms with Crippen molar-refractivity contribution in [3.8, 4) is 5.75 Å². The van der Waals surface area contributed by atoms with Gasteiger partial charge >= 0.3 is 0 Å². The van der Waals surface area contributed by atoms with Crippen molar-refractivity contribution in [2.45, 2.75) is 0 Å². The number of halogens is 3. The van der Waals surface area contributed by atoms with Crippen LogP contribution in [0.15, 0.2) is 48.7 Å². The van der Waals surface area contributed by atoms with Crippen LogP contribution in [0.3, 0.4) is 0 Å². The zero-order chi connectivity index (χ0) is 19.4. The van der Waals surface area contributed by atoms with Crippen LogP contribution < -0.4 is 15.4 Å². The van der Waals surface area contributed by atoms with Gasteiger partial charge in [-0.3, -0.25) is 4.79 Å². The maximum Gasteiger partial charge on any atom is 0.274 e. The number of carbonyl (C=O) groups excluding carboxylic acids is 1. The summed E-state index contributed by atoms with van der Waals surface area (Å²) in [4.78, 5) is 20.2. The summed E-state index contributed by atoms with van der Waals surface area (Å²) in [5, 5.41) is 5.38. The van der Waals surface area contributed by atoms with Gasteiger partial charge in [0.1, 0.15) is 28.8 Å². The van der Waals surface area contributed by atoms with Crippen LogP contribution >= 0.6 is 11.6 Å². The number of nitrogens with zero attached hydrogens (tertiary/aromatic N) is 2. The zero-order valence-corrected chi connectivity index (χ0v) is 14.7. The summed E-state index contributed by atoms with van der Waals surface area (Å²) in [7, 11) is 1.48. The molecule has 0 radical (unpaired) electrons. The Balaban J connectivity index is 1.78. The number of ether oxygens (including phenoxy) is 1. The topological polar surface area (TPSA) is 76.1 Å². The number of para-hydroxylation sites is 1. The van der Waals surface area contributed by atoms with Gasteiger partial charge in [-0.05, 0) is 36.4 Å². The van der Waals surface area contributed by atoms with Crippen LogP contribution in [-0.4, -0.2) is 23.0 Å². The van der Waals surface area contributed by atoms with Gasteiger partial charge in [0, 0.05) is 11.9 Å². The number of benzene rings is 2. The normalized spacial score (nSPS) is 10.4. The Kier molecular flexibility index (Phi) is 5.46. The second kappa shape index (κ2) is 7.96. The van der Waals surface area contributed by atoms with Crippen LogP contribution in [0.25, 0.3) is 0 Å². The second-order valence-corrected chi connectivity index (χ2v) is 5.70. The molecule has 3 aromatic rings. The highest BCUT2D eigenvalue weighted by Gasteiger charge is 2.13. The third-order valence-electron chi connectivity index (χ3n) is 3.50. The molecule has 6 nitrogen and oxygen atoms in total. The molecule has 3 rings (SSSR count). The highest BCUT2D eigenvalue weighted by atomic mass is 35.5. The monoisotopic (exact) mass is 390 g/mol. The fourth-order valence-electron chi connectivity index (χ4n) is 2.21. The van der Waals surface area contributed by atoms with Crippen LogP contribution in [0, 0.1) is 11.6 Å². The van der Waals surface area contributed by atoms with Gasteiger partial charge in [-0.15, -0.1) is 0 Å². The fourth-order valence-corrected chi connectivity index (χ4v) is 2.47. The Hall–Kier alpha value is -3.26. The molecule has 0 fully saturated rings. The molecule has 2 N–H and O–H groups in total. The minimum absolute atomic E-state index is 0.00353. The summed E-state index contributed by atoms with van der Waals surface area (Å²) in [5.74, 6) is -1.81. The fraction of sp³-hybridized carbons (Fsp3) is 0.0556. The smallest absolute Gasteiger partial charge is 0.274 e. The summed E-state index contributed by atoms with van der Waals surface area (Å²) in [6, 6.07) is 9.52. The van der Waals surface area contributed by atoms with Gasteiger partial charge in [0.15, 0.2) is 0 Å². The van der Waals surface area contributed by atoms with Crippen LogP contribution in [0.2, 0.25) is 5.02 Å². The summed E-state index contributed by atoms with van der Waals surface area (Å²) >= 11 is 6.02. The Morgan fingerprint density at radius 3 is 2.56 bits per heavy atom. The minimum atomic E-state index is -0.804. The Morgan fingerprint density at radius 1 is 1.15 bits per heavy atom. The zero-order valence-electron chi connectivity index (χ0n) is 14.0. The Bertz CT molecular complexity index is 981. The Morgan fingerprint density at radius 2 is 1.89 bits per heavy atom. The van der Waals surface area contributed by atoms with E-state index in [0.717, 1.165) is 12.1 Å². The average molecular weight is 391 g/mol. The largest absolute Gasteiger partial charge is 0.495 e. The molecule has 0 spiro atoms. The van der Waals surface area contributed by atoms with Crippen LogP contribution in [0.4, 0.5) is 26.1 Å². The molecule has 0 aliphatic carbocycles. The number of nitrogens with one attached hydrogen (secondary N) is 2. The first kappa shape index (κ1) is 18.5. The molecule has 0 saturated heterocycles. The van der Waals surface area contributed by atoms with E-state index in [2.05, 4.69) is 20.6 Å². The van der Waals surface area contributed by atoms with Crippen molar-refractivity contribution in [2.24, 2.45) is 0 Å². The molecule has 0 aliphatic heterocycles. The molecule has 0 bridgehead atoms. The van der Waals surface area contributed by atoms with Crippen molar-refractivity contribution < 1.29 is 18.3 Å². The first-order chi connectivity index (χ1) is 13.0. The van der Waals surface area contributed by atoms with Crippen molar-refractivity contribution in [1.29, 1.82) is 0 Å². The highest BCUT2D eigenvalue weighted by molar-refractivity contribution is 6.32. The molecule has 0 atom stereocenters. The lowest BCUT2D eigenvalue weighted by molar-refractivity contribution is 0.102. The molecule has 1 aromatic heterocycles. The molecule has 1 amide bonds. The maximum absolute atomic E-state index is 13.7. The molecule has 9 heteroatoms. The molecule has 1 heterocycles. The summed E-state index contributed by atoms with van der Waals surface area (Å²) in [5.41, 5.74) is 0.0206. The van der Waals surface area contributed by atoms with Gasteiger partial charge in [-0.25, -0.2) is 18.7 Å². The molecular formula is C18H13ClF2N4O2. The lowest BCUT2D eigenvalue weighted by Gasteiger charge is -2.09. The molecule has 0 unspecified atom stereocenters. The van der Waals surface area contributed by atoms with Crippen molar-refractivity contribution in [2.75, 3.05) is 17.7 Å². The van der Waals surface area contributed by atoms with E-state index in [0.29, 0.717) is 16.5 Å². The van der Waals surface area contributed by atoms with Crippen molar-refractivity contribution in [1.82, 2.24) is 9.97 Å². The number of hydrogen-bond donors (Lipinski definition) is 2. The first-order valence-corrected chi connectivity index (χ1v) is 8.04. The van der Waals surface area contributed by atoms with Crippen molar-refractivity contribution in [3.63, 3.8) is 0 Å². The van der Waals surface area contributed by atoms with E-state index in [1.165, 1.54) is 31.5 Å². The lowest BCUT2D eigenvalue weighted by atomic mass is 10.3. The van der Waals surface area contributed by atoms with Crippen molar-refractivity contribution >= 4 is 34.8 Å². The number of aromatic nitrogens is 2. The third kappa shape index (κ3) is 4.29. The highest BCUT2D eigenvalue weighted by Crippen LogP contribution is 2.27. The number of anilines is 3. The summed E-state index contributed by atoms with van der Waals surface area (Å²) < 4.78 is 32.5. The number of rotatable bonds is 5. The number of hydrogen-bond acceptors (Lipinski definition) is 5. The van der Waals surface area contributed by atoms with Crippen LogP contribution in [-0.2, 0) is 0 Å². The molecule has 2 aromatic carbocycles. The molecule has 138 valence electrons. The minimum Gasteiger partial charge on any atom is -0.495 e. The van der Waals surface area contributed by atoms with Gasteiger partial charge in [-0.1, -0.05) is 17.7 Å². The Labute approximate surface area is 158 Å². The predicted octanol–water partition coefficient (Wildman–Crippen LogP) is 4.41. The predicted molar refractivity (Wildman–Crippen MR) is 97.6 cm³/mol.